The standard InChI is InChI=1S/C44H30N4O5/c49-27-7-1-4-24(20-27)41-32-11-13-34(45-32)42(25-5-2-8-28(50)21-25)36-15-17-38(47-36)44(31-23-30(52)10-19-40(31)53)39-18-16-37(48-39)43(35-14-12-33(41)46-35)26-6-3-9-29(51)22-26/h1-23,45,48-53H. The van der Waals surface area contributed by atoms with Gasteiger partial charge in [0.1, 0.15) is 28.7 Å². The Labute approximate surface area is 302 Å². The van der Waals surface area contributed by atoms with E-state index in [0.29, 0.717) is 72.7 Å². The molecule has 256 valence electrons. The highest BCUT2D eigenvalue weighted by Crippen LogP contribution is 2.41. The van der Waals surface area contributed by atoms with Gasteiger partial charge in [0.05, 0.1) is 22.8 Å². The van der Waals surface area contributed by atoms with Gasteiger partial charge in [0.2, 0.25) is 0 Å². The smallest absolute Gasteiger partial charge is 0.123 e. The summed E-state index contributed by atoms with van der Waals surface area (Å²) in [6.07, 6.45) is 7.58. The molecule has 0 radical (unpaired) electrons. The van der Waals surface area contributed by atoms with Gasteiger partial charge in [-0.1, -0.05) is 36.4 Å². The third-order valence-electron chi connectivity index (χ3n) is 9.41. The Balaban J connectivity index is 1.50. The van der Waals surface area contributed by atoms with E-state index in [4.69, 9.17) is 9.97 Å². The molecule has 0 aliphatic carbocycles. The van der Waals surface area contributed by atoms with E-state index in [9.17, 15) is 25.5 Å². The third kappa shape index (κ3) is 5.62. The molecule has 2 aliphatic heterocycles. The monoisotopic (exact) mass is 694 g/mol. The number of fused-ring (bicyclic) bond motifs is 8. The number of phenolic OH excluding ortho intramolecular Hbond substituents is 5. The Bertz CT molecular complexity index is 2820. The number of rotatable bonds is 4. The van der Waals surface area contributed by atoms with Gasteiger partial charge in [0, 0.05) is 49.9 Å². The molecule has 0 amide bonds. The first-order chi connectivity index (χ1) is 25.8. The van der Waals surface area contributed by atoms with E-state index in [0.717, 1.165) is 16.6 Å². The van der Waals surface area contributed by atoms with E-state index < -0.39 is 0 Å². The molecule has 0 spiro atoms. The van der Waals surface area contributed by atoms with E-state index in [1.54, 1.807) is 54.6 Å². The zero-order valence-corrected chi connectivity index (χ0v) is 27.9. The highest BCUT2D eigenvalue weighted by Gasteiger charge is 2.20. The molecule has 7 N–H and O–H groups in total. The molecule has 0 unspecified atom stereocenters. The number of nitrogens with one attached hydrogen (secondary N) is 2. The van der Waals surface area contributed by atoms with Crippen LogP contribution < -0.4 is 0 Å². The van der Waals surface area contributed by atoms with Crippen LogP contribution in [0.2, 0.25) is 0 Å². The number of aromatic nitrogens is 4. The van der Waals surface area contributed by atoms with Crippen LogP contribution in [-0.4, -0.2) is 45.5 Å². The van der Waals surface area contributed by atoms with Gasteiger partial charge in [-0.05, 0) is 120 Å². The van der Waals surface area contributed by atoms with Gasteiger partial charge in [-0.15, -0.1) is 0 Å². The fraction of sp³-hybridized carbons (Fsp3) is 0. The van der Waals surface area contributed by atoms with Crippen molar-refractivity contribution in [1.29, 1.82) is 0 Å². The molecule has 7 aromatic rings. The fourth-order valence-corrected chi connectivity index (χ4v) is 7.11. The lowest BCUT2D eigenvalue weighted by Crippen LogP contribution is -1.90. The van der Waals surface area contributed by atoms with Crippen molar-refractivity contribution in [2.45, 2.75) is 0 Å². The second-order valence-corrected chi connectivity index (χ2v) is 12.9. The van der Waals surface area contributed by atoms with E-state index in [2.05, 4.69) is 9.97 Å². The Kier molecular flexibility index (Phi) is 7.34. The maximum absolute atomic E-state index is 11.2. The molecule has 9 nitrogen and oxygen atoms in total. The molecule has 9 rings (SSSR count). The Morgan fingerprint density at radius 2 is 0.717 bits per heavy atom. The number of hydrogen-bond acceptors (Lipinski definition) is 7. The molecule has 53 heavy (non-hydrogen) atoms. The molecular formula is C44H30N4O5. The first-order valence-electron chi connectivity index (χ1n) is 16.9. The Hall–Kier alpha value is -7.52. The van der Waals surface area contributed by atoms with Gasteiger partial charge in [0.15, 0.2) is 0 Å². The summed E-state index contributed by atoms with van der Waals surface area (Å²) < 4.78 is 0. The van der Waals surface area contributed by atoms with Gasteiger partial charge < -0.3 is 35.5 Å². The SMILES string of the molecule is Oc1cccc(-c2c3nc(c(-c4cccc(O)c4)c4ccc([nH]4)c(-c4cc(O)ccc4O)c4nc(c(-c5cccc(O)c5)c5ccc2[nH]5)C=C4)C=C3)c1. The maximum Gasteiger partial charge on any atom is 0.123 e. The number of nitrogens with zero attached hydrogens (tertiary/aromatic N) is 2. The second kappa shape index (κ2) is 12.4. The maximum atomic E-state index is 11.2. The van der Waals surface area contributed by atoms with E-state index >= 15 is 0 Å². The van der Waals surface area contributed by atoms with Gasteiger partial charge in [0.25, 0.3) is 0 Å². The highest BCUT2D eigenvalue weighted by molar-refractivity contribution is 6.00. The molecule has 3 aromatic heterocycles. The zero-order chi connectivity index (χ0) is 36.2. The summed E-state index contributed by atoms with van der Waals surface area (Å²) in [5.74, 6) is 0.221. The molecule has 0 saturated heterocycles. The van der Waals surface area contributed by atoms with Crippen LogP contribution in [0.3, 0.4) is 0 Å². The number of aromatic amines is 2. The molecule has 2 aliphatic rings. The summed E-state index contributed by atoms with van der Waals surface area (Å²) in [5.41, 5.74) is 10.3. The van der Waals surface area contributed by atoms with Crippen LogP contribution in [0.15, 0.2) is 115 Å². The molecule has 8 bridgehead atoms. The topological polar surface area (TPSA) is 159 Å². The van der Waals surface area contributed by atoms with E-state index in [1.165, 1.54) is 18.2 Å². The molecular weight excluding hydrogens is 665 g/mol. The summed E-state index contributed by atoms with van der Waals surface area (Å²) >= 11 is 0. The largest absolute Gasteiger partial charge is 0.508 e. The minimum absolute atomic E-state index is 0.0266. The minimum atomic E-state index is -0.0476. The normalized spacial score (nSPS) is 12.0. The van der Waals surface area contributed by atoms with Gasteiger partial charge in [-0.25, -0.2) is 9.97 Å². The van der Waals surface area contributed by atoms with Crippen LogP contribution in [0.1, 0.15) is 22.8 Å². The number of hydrogen-bond donors (Lipinski definition) is 7. The Morgan fingerprint density at radius 1 is 0.358 bits per heavy atom. The summed E-state index contributed by atoms with van der Waals surface area (Å²) in [6.45, 7) is 0. The molecule has 4 aromatic carbocycles. The lowest BCUT2D eigenvalue weighted by atomic mass is 10.0. The number of phenols is 5. The summed E-state index contributed by atoms with van der Waals surface area (Å²) in [5, 5.41) is 53.5. The van der Waals surface area contributed by atoms with Crippen molar-refractivity contribution in [1.82, 2.24) is 19.9 Å². The van der Waals surface area contributed by atoms with Crippen molar-refractivity contribution < 1.29 is 25.5 Å². The molecule has 0 saturated carbocycles. The van der Waals surface area contributed by atoms with Gasteiger partial charge in [-0.3, -0.25) is 0 Å². The molecule has 5 heterocycles. The summed E-state index contributed by atoms with van der Waals surface area (Å²) in [7, 11) is 0. The zero-order valence-electron chi connectivity index (χ0n) is 27.9. The molecule has 9 heteroatoms. The predicted molar refractivity (Wildman–Crippen MR) is 209 cm³/mol. The minimum Gasteiger partial charge on any atom is -0.508 e. The third-order valence-corrected chi connectivity index (χ3v) is 9.41. The predicted octanol–water partition coefficient (Wildman–Crippen LogP) is 9.85. The first kappa shape index (κ1) is 31.5. The average Bonchev–Trinajstić information content (AvgIpc) is 3.98. The van der Waals surface area contributed by atoms with Crippen LogP contribution in [0.4, 0.5) is 0 Å². The fourth-order valence-electron chi connectivity index (χ4n) is 7.11. The van der Waals surface area contributed by atoms with Crippen molar-refractivity contribution in [3.63, 3.8) is 0 Å². The van der Waals surface area contributed by atoms with Crippen LogP contribution in [0.5, 0.6) is 28.7 Å². The van der Waals surface area contributed by atoms with Gasteiger partial charge >= 0.3 is 0 Å². The number of aromatic hydroxyl groups is 5. The summed E-state index contributed by atoms with van der Waals surface area (Å²) in [6, 6.07) is 33.0. The Morgan fingerprint density at radius 3 is 1.11 bits per heavy atom. The quantitative estimate of drug-likeness (QED) is 0.0903. The van der Waals surface area contributed by atoms with Crippen LogP contribution in [0.25, 0.3) is 90.9 Å². The lowest BCUT2D eigenvalue weighted by Gasteiger charge is -2.08. The number of benzene rings is 4. The highest BCUT2D eigenvalue weighted by atomic mass is 16.3. The van der Waals surface area contributed by atoms with Crippen LogP contribution in [-0.2, 0) is 0 Å². The number of H-pyrrole nitrogens is 2. The summed E-state index contributed by atoms with van der Waals surface area (Å²) in [4.78, 5) is 17.4. The average molecular weight is 695 g/mol. The van der Waals surface area contributed by atoms with Crippen molar-refractivity contribution in [3.05, 3.63) is 138 Å². The van der Waals surface area contributed by atoms with Crippen molar-refractivity contribution >= 4 is 46.4 Å². The lowest BCUT2D eigenvalue weighted by molar-refractivity contribution is 0.462. The van der Waals surface area contributed by atoms with Gasteiger partial charge in [-0.2, -0.15) is 0 Å². The van der Waals surface area contributed by atoms with Crippen LogP contribution in [0, 0.1) is 0 Å². The van der Waals surface area contributed by atoms with E-state index in [1.807, 2.05) is 66.8 Å². The van der Waals surface area contributed by atoms with Crippen molar-refractivity contribution in [2.75, 3.05) is 0 Å². The van der Waals surface area contributed by atoms with Crippen molar-refractivity contribution in [2.24, 2.45) is 0 Å². The molecule has 0 fully saturated rings. The first-order valence-corrected chi connectivity index (χ1v) is 16.9. The second-order valence-electron chi connectivity index (χ2n) is 12.9. The van der Waals surface area contributed by atoms with Crippen molar-refractivity contribution in [3.8, 4) is 73.3 Å². The van der Waals surface area contributed by atoms with E-state index in [-0.39, 0.29) is 28.7 Å². The molecule has 0 atom stereocenters. The van der Waals surface area contributed by atoms with Crippen LogP contribution >= 0.6 is 0 Å².